The van der Waals surface area contributed by atoms with Crippen LogP contribution in [0.4, 0.5) is 5.69 Å². The van der Waals surface area contributed by atoms with E-state index in [1.807, 2.05) is 0 Å². The number of rotatable bonds is 2. The molecule has 0 atom stereocenters. The molecule has 0 unspecified atom stereocenters. The van der Waals surface area contributed by atoms with Gasteiger partial charge in [-0.3, -0.25) is 4.79 Å². The minimum absolute atomic E-state index is 0.00820. The molecule has 0 aliphatic heterocycles. The van der Waals surface area contributed by atoms with Gasteiger partial charge in [-0.1, -0.05) is 0 Å². The van der Waals surface area contributed by atoms with Crippen LogP contribution in [0.1, 0.15) is 10.4 Å². The maximum atomic E-state index is 10.3. The second kappa shape index (κ2) is 3.52. The molecule has 12 heavy (non-hydrogen) atoms. The van der Waals surface area contributed by atoms with Gasteiger partial charge in [-0.2, -0.15) is 0 Å². The van der Waals surface area contributed by atoms with Crippen molar-refractivity contribution in [3.05, 3.63) is 29.8 Å². The molecule has 4 N–H and O–H groups in total. The first-order valence-electron chi connectivity index (χ1n) is 3.37. The SMILES string of the molecule is NC(N)=Nc1ccc(C=O)cc1. The van der Waals surface area contributed by atoms with Crippen LogP contribution in [0.3, 0.4) is 0 Å². The Hall–Kier alpha value is -1.84. The number of hydrogen-bond acceptors (Lipinski definition) is 2. The van der Waals surface area contributed by atoms with E-state index in [0.29, 0.717) is 11.3 Å². The van der Waals surface area contributed by atoms with Crippen LogP contribution in [0.5, 0.6) is 0 Å². The lowest BCUT2D eigenvalue weighted by atomic mass is 10.2. The highest BCUT2D eigenvalue weighted by atomic mass is 16.1. The summed E-state index contributed by atoms with van der Waals surface area (Å²) in [6.45, 7) is 0. The van der Waals surface area contributed by atoms with Crippen molar-refractivity contribution in [3.63, 3.8) is 0 Å². The van der Waals surface area contributed by atoms with Gasteiger partial charge in [0, 0.05) is 5.56 Å². The second-order valence-corrected chi connectivity index (χ2v) is 2.25. The second-order valence-electron chi connectivity index (χ2n) is 2.25. The van der Waals surface area contributed by atoms with Crippen LogP contribution < -0.4 is 11.5 Å². The van der Waals surface area contributed by atoms with Gasteiger partial charge in [-0.05, 0) is 24.3 Å². The first kappa shape index (κ1) is 8.26. The van der Waals surface area contributed by atoms with Crippen molar-refractivity contribution >= 4 is 17.9 Å². The lowest BCUT2D eigenvalue weighted by Crippen LogP contribution is -2.21. The van der Waals surface area contributed by atoms with E-state index in [1.165, 1.54) is 0 Å². The van der Waals surface area contributed by atoms with E-state index in [1.54, 1.807) is 24.3 Å². The Labute approximate surface area is 69.9 Å². The molecule has 62 valence electrons. The molecule has 0 saturated heterocycles. The Morgan fingerprint density at radius 2 is 1.83 bits per heavy atom. The smallest absolute Gasteiger partial charge is 0.191 e. The monoisotopic (exact) mass is 163 g/mol. The van der Waals surface area contributed by atoms with Crippen molar-refractivity contribution in [2.24, 2.45) is 16.5 Å². The Bertz CT molecular complexity index is 299. The highest BCUT2D eigenvalue weighted by Gasteiger charge is 1.90. The van der Waals surface area contributed by atoms with E-state index in [4.69, 9.17) is 11.5 Å². The molecule has 0 aromatic heterocycles. The van der Waals surface area contributed by atoms with Crippen molar-refractivity contribution in [3.8, 4) is 0 Å². The lowest BCUT2D eigenvalue weighted by Gasteiger charge is -1.94. The van der Waals surface area contributed by atoms with Gasteiger partial charge in [0.15, 0.2) is 5.96 Å². The molecule has 0 heterocycles. The quantitative estimate of drug-likeness (QED) is 0.376. The number of nitrogens with zero attached hydrogens (tertiary/aromatic N) is 1. The van der Waals surface area contributed by atoms with Gasteiger partial charge < -0.3 is 11.5 Å². The van der Waals surface area contributed by atoms with E-state index < -0.39 is 0 Å². The van der Waals surface area contributed by atoms with E-state index in [0.717, 1.165) is 6.29 Å². The first-order valence-corrected chi connectivity index (χ1v) is 3.37. The Morgan fingerprint density at radius 3 is 2.25 bits per heavy atom. The van der Waals surface area contributed by atoms with E-state index in [9.17, 15) is 4.79 Å². The largest absolute Gasteiger partial charge is 0.370 e. The molecule has 0 bridgehead atoms. The zero-order chi connectivity index (χ0) is 8.97. The van der Waals surface area contributed by atoms with Crippen LogP contribution in [-0.2, 0) is 0 Å². The normalized spacial score (nSPS) is 9.00. The number of aldehydes is 1. The fourth-order valence-corrected chi connectivity index (χ4v) is 0.776. The van der Waals surface area contributed by atoms with Crippen molar-refractivity contribution in [1.82, 2.24) is 0 Å². The average Bonchev–Trinajstić information content (AvgIpc) is 2.05. The number of guanidine groups is 1. The maximum absolute atomic E-state index is 10.3. The lowest BCUT2D eigenvalue weighted by molar-refractivity contribution is 0.112. The number of hydrogen-bond donors (Lipinski definition) is 2. The third kappa shape index (κ3) is 2.09. The van der Waals surface area contributed by atoms with Crippen LogP contribution in [-0.4, -0.2) is 12.2 Å². The molecule has 0 aliphatic carbocycles. The Balaban J connectivity index is 2.92. The van der Waals surface area contributed by atoms with Crippen LogP contribution in [0, 0.1) is 0 Å². The van der Waals surface area contributed by atoms with Crippen LogP contribution in [0.25, 0.3) is 0 Å². The Morgan fingerprint density at radius 1 is 1.25 bits per heavy atom. The molecular formula is C8H9N3O. The van der Waals surface area contributed by atoms with Crippen LogP contribution in [0.2, 0.25) is 0 Å². The minimum atomic E-state index is 0.00820. The minimum Gasteiger partial charge on any atom is -0.370 e. The molecule has 0 aliphatic rings. The highest BCUT2D eigenvalue weighted by Crippen LogP contribution is 2.10. The Kier molecular flexibility index (Phi) is 2.42. The summed E-state index contributed by atoms with van der Waals surface area (Å²) >= 11 is 0. The molecule has 4 nitrogen and oxygen atoms in total. The number of aliphatic imine (C=N–C) groups is 1. The summed E-state index contributed by atoms with van der Waals surface area (Å²) in [6, 6.07) is 6.64. The third-order valence-electron chi connectivity index (χ3n) is 1.29. The highest BCUT2D eigenvalue weighted by molar-refractivity contribution is 5.80. The van der Waals surface area contributed by atoms with Crippen molar-refractivity contribution in [1.29, 1.82) is 0 Å². The molecule has 0 spiro atoms. The fraction of sp³-hybridized carbons (Fsp3) is 0. The molecule has 1 aromatic carbocycles. The maximum Gasteiger partial charge on any atom is 0.191 e. The molecule has 0 radical (unpaired) electrons. The van der Waals surface area contributed by atoms with Gasteiger partial charge in [0.25, 0.3) is 0 Å². The number of carbonyl (C=O) groups is 1. The topological polar surface area (TPSA) is 81.5 Å². The molecule has 0 saturated carbocycles. The molecule has 4 heteroatoms. The number of carbonyl (C=O) groups excluding carboxylic acids is 1. The summed E-state index contributed by atoms with van der Waals surface area (Å²) in [7, 11) is 0. The number of benzene rings is 1. The van der Waals surface area contributed by atoms with Gasteiger partial charge in [0.05, 0.1) is 5.69 Å². The predicted molar refractivity (Wildman–Crippen MR) is 47.3 cm³/mol. The van der Waals surface area contributed by atoms with Gasteiger partial charge in [-0.15, -0.1) is 0 Å². The fourth-order valence-electron chi connectivity index (χ4n) is 0.776. The van der Waals surface area contributed by atoms with Crippen molar-refractivity contribution in [2.45, 2.75) is 0 Å². The predicted octanol–water partition coefficient (Wildman–Crippen LogP) is 0.404. The van der Waals surface area contributed by atoms with Gasteiger partial charge in [0.1, 0.15) is 6.29 Å². The van der Waals surface area contributed by atoms with Crippen molar-refractivity contribution in [2.75, 3.05) is 0 Å². The number of nitrogens with two attached hydrogens (primary N) is 2. The first-order chi connectivity index (χ1) is 5.72. The summed E-state index contributed by atoms with van der Waals surface area (Å²) in [5.74, 6) is 0.00820. The molecule has 0 amide bonds. The van der Waals surface area contributed by atoms with Gasteiger partial charge >= 0.3 is 0 Å². The standard InChI is InChI=1S/C8H9N3O/c9-8(10)11-7-3-1-6(5-12)2-4-7/h1-5H,(H4,9,10,11). The molecule has 0 fully saturated rings. The summed E-state index contributed by atoms with van der Waals surface area (Å²) < 4.78 is 0. The zero-order valence-electron chi connectivity index (χ0n) is 6.40. The van der Waals surface area contributed by atoms with Gasteiger partial charge in [0.2, 0.25) is 0 Å². The summed E-state index contributed by atoms with van der Waals surface area (Å²) in [4.78, 5) is 14.0. The van der Waals surface area contributed by atoms with E-state index in [2.05, 4.69) is 4.99 Å². The summed E-state index contributed by atoms with van der Waals surface area (Å²) in [5.41, 5.74) is 11.5. The summed E-state index contributed by atoms with van der Waals surface area (Å²) in [6.07, 6.45) is 0.763. The van der Waals surface area contributed by atoms with E-state index in [-0.39, 0.29) is 5.96 Å². The molecular weight excluding hydrogens is 154 g/mol. The molecule has 1 aromatic rings. The average molecular weight is 163 g/mol. The molecule has 1 rings (SSSR count). The van der Waals surface area contributed by atoms with Crippen LogP contribution >= 0.6 is 0 Å². The summed E-state index contributed by atoms with van der Waals surface area (Å²) in [5, 5.41) is 0. The van der Waals surface area contributed by atoms with E-state index >= 15 is 0 Å². The van der Waals surface area contributed by atoms with Crippen molar-refractivity contribution < 1.29 is 4.79 Å². The third-order valence-corrected chi connectivity index (χ3v) is 1.29. The zero-order valence-corrected chi connectivity index (χ0v) is 6.40. The van der Waals surface area contributed by atoms with Gasteiger partial charge in [-0.25, -0.2) is 4.99 Å². The van der Waals surface area contributed by atoms with Crippen LogP contribution in [0.15, 0.2) is 29.3 Å².